The van der Waals surface area contributed by atoms with Crippen LogP contribution in [0.25, 0.3) is 10.9 Å². The van der Waals surface area contributed by atoms with E-state index in [2.05, 4.69) is 14.9 Å². The maximum Gasteiger partial charge on any atom is 0.273 e. The molecule has 2 saturated heterocycles. The molecule has 0 radical (unpaired) electrons. The van der Waals surface area contributed by atoms with E-state index in [0.717, 1.165) is 34.4 Å². The van der Waals surface area contributed by atoms with Crippen molar-refractivity contribution in [1.29, 1.82) is 0 Å². The maximum atomic E-state index is 13.3. The number of benzene rings is 1. The summed E-state index contributed by atoms with van der Waals surface area (Å²) in [6.07, 6.45) is 4.72. The van der Waals surface area contributed by atoms with Gasteiger partial charge in [0.05, 0.1) is 33.4 Å². The Kier molecular flexibility index (Phi) is 7.96. The lowest BCUT2D eigenvalue weighted by Gasteiger charge is -2.36. The molecule has 1 aromatic carbocycles. The summed E-state index contributed by atoms with van der Waals surface area (Å²) in [6, 6.07) is 9.36. The zero-order valence-corrected chi connectivity index (χ0v) is 24.8. The van der Waals surface area contributed by atoms with Crippen LogP contribution in [-0.4, -0.2) is 82.9 Å². The van der Waals surface area contributed by atoms with E-state index in [-0.39, 0.29) is 17.7 Å². The summed E-state index contributed by atoms with van der Waals surface area (Å²) in [6.45, 7) is 3.55. The molecule has 2 aliphatic heterocycles. The Morgan fingerprint density at radius 3 is 2.27 bits per heavy atom. The number of thiazole rings is 1. The van der Waals surface area contributed by atoms with Crippen LogP contribution in [0, 0.1) is 0 Å². The molecule has 6 rings (SSSR count). The second kappa shape index (κ2) is 11.8. The minimum Gasteiger partial charge on any atom is -0.496 e. The normalized spacial score (nSPS) is 16.3. The van der Waals surface area contributed by atoms with Gasteiger partial charge in [-0.1, -0.05) is 35.3 Å². The van der Waals surface area contributed by atoms with Gasteiger partial charge in [0.15, 0.2) is 0 Å². The molecule has 0 saturated carbocycles. The van der Waals surface area contributed by atoms with Crippen molar-refractivity contribution < 1.29 is 14.3 Å². The molecule has 41 heavy (non-hydrogen) atoms. The number of rotatable bonds is 5. The fraction of sp³-hybridized carbons (Fsp3) is 0.345. The highest BCUT2D eigenvalue weighted by Gasteiger charge is 2.30. The fourth-order valence-electron chi connectivity index (χ4n) is 5.49. The number of hydrogen-bond acceptors (Lipinski definition) is 8. The first kappa shape index (κ1) is 27.7. The van der Waals surface area contributed by atoms with Gasteiger partial charge in [0.1, 0.15) is 17.1 Å². The number of likely N-dealkylation sites (tertiary alicyclic amines) is 1. The molecule has 0 aliphatic carbocycles. The minimum atomic E-state index is -0.101. The van der Waals surface area contributed by atoms with E-state index < -0.39 is 0 Å². The van der Waals surface area contributed by atoms with Gasteiger partial charge in [0.2, 0.25) is 0 Å². The predicted molar refractivity (Wildman–Crippen MR) is 161 cm³/mol. The topological polar surface area (TPSA) is 91.8 Å². The monoisotopic (exact) mass is 610 g/mol. The molecule has 0 N–H and O–H groups in total. The smallest absolute Gasteiger partial charge is 0.273 e. The molecule has 212 valence electrons. The molecule has 2 amide bonds. The number of aromatic nitrogens is 3. The molecule has 0 bridgehead atoms. The van der Waals surface area contributed by atoms with Crippen molar-refractivity contribution in [2.75, 3.05) is 51.3 Å². The maximum absolute atomic E-state index is 13.3. The number of carbonyl (C=O) groups is 2. The minimum absolute atomic E-state index is 0.0667. The number of carbonyl (C=O) groups excluding carboxylic acids is 2. The molecule has 0 unspecified atom stereocenters. The van der Waals surface area contributed by atoms with E-state index in [4.69, 9.17) is 32.9 Å². The Bertz CT molecular complexity index is 1580. The zero-order valence-electron chi connectivity index (χ0n) is 22.4. The average molecular weight is 612 g/mol. The van der Waals surface area contributed by atoms with E-state index in [1.165, 1.54) is 11.3 Å². The van der Waals surface area contributed by atoms with Crippen molar-refractivity contribution in [1.82, 2.24) is 24.8 Å². The van der Waals surface area contributed by atoms with Crippen molar-refractivity contribution in [3.05, 3.63) is 74.5 Å². The van der Waals surface area contributed by atoms with Crippen LogP contribution in [0.2, 0.25) is 10.0 Å². The van der Waals surface area contributed by atoms with Gasteiger partial charge in [-0.3, -0.25) is 14.6 Å². The van der Waals surface area contributed by atoms with E-state index in [0.29, 0.717) is 66.5 Å². The quantitative estimate of drug-likeness (QED) is 0.299. The lowest BCUT2D eigenvalue weighted by atomic mass is 9.97. The summed E-state index contributed by atoms with van der Waals surface area (Å²) in [7, 11) is 1.60. The predicted octanol–water partition coefficient (Wildman–Crippen LogP) is 5.38. The molecule has 5 heterocycles. The van der Waals surface area contributed by atoms with E-state index >= 15 is 0 Å². The van der Waals surface area contributed by atoms with Crippen LogP contribution in [-0.2, 0) is 0 Å². The summed E-state index contributed by atoms with van der Waals surface area (Å²) in [5, 5.41) is 4.68. The molecule has 2 aliphatic rings. The number of fused-ring (bicyclic) bond motifs is 1. The van der Waals surface area contributed by atoms with Crippen molar-refractivity contribution in [2.24, 2.45) is 0 Å². The van der Waals surface area contributed by atoms with Gasteiger partial charge in [-0.2, -0.15) is 0 Å². The van der Waals surface area contributed by atoms with Crippen molar-refractivity contribution in [3.63, 3.8) is 0 Å². The van der Waals surface area contributed by atoms with Crippen LogP contribution in [0.15, 0.2) is 48.1 Å². The second-order valence-corrected chi connectivity index (χ2v) is 11.8. The van der Waals surface area contributed by atoms with Crippen molar-refractivity contribution >= 4 is 62.9 Å². The summed E-state index contributed by atoms with van der Waals surface area (Å²) < 4.78 is 5.52. The van der Waals surface area contributed by atoms with Gasteiger partial charge in [-0.15, -0.1) is 11.3 Å². The number of anilines is 1. The number of piperidine rings is 1. The van der Waals surface area contributed by atoms with Crippen molar-refractivity contribution in [3.8, 4) is 5.75 Å². The third-order valence-corrected chi connectivity index (χ3v) is 9.26. The summed E-state index contributed by atoms with van der Waals surface area (Å²) in [5.74, 6) is 0.678. The molecular weight excluding hydrogens is 583 g/mol. The van der Waals surface area contributed by atoms with Crippen LogP contribution in [0.4, 0.5) is 5.69 Å². The van der Waals surface area contributed by atoms with Crippen LogP contribution in [0.5, 0.6) is 5.75 Å². The number of methoxy groups -OCH3 is 1. The van der Waals surface area contributed by atoms with Gasteiger partial charge in [-0.05, 0) is 25.0 Å². The van der Waals surface area contributed by atoms with Crippen LogP contribution in [0.1, 0.15) is 44.7 Å². The molecule has 0 spiro atoms. The molecule has 12 heteroatoms. The highest BCUT2D eigenvalue weighted by Crippen LogP contribution is 2.34. The standard InChI is InChI=1S/C29H28Cl2N6O3S/c1-40-25-14-23(33-22-5-3-2-4-19(22)25)28(38)36-8-6-18(7-9-36)27-34-24(17-41-27)29(39)37-12-10-35(11-13-37)26-20(30)15-32-16-21(26)31/h2-5,14-18H,6-13H2,1H3. The number of hydrogen-bond donors (Lipinski definition) is 0. The molecule has 3 aromatic heterocycles. The van der Waals surface area contributed by atoms with Gasteiger partial charge >= 0.3 is 0 Å². The number of para-hydroxylation sites is 1. The van der Waals surface area contributed by atoms with Crippen LogP contribution in [0.3, 0.4) is 0 Å². The first-order chi connectivity index (χ1) is 19.9. The number of pyridine rings is 2. The Balaban J connectivity index is 1.06. The average Bonchev–Trinajstić information content (AvgIpc) is 3.50. The Hall–Kier alpha value is -3.47. The highest BCUT2D eigenvalue weighted by molar-refractivity contribution is 7.09. The molecular formula is C29H28Cl2N6O3S. The molecule has 4 aromatic rings. The fourth-order valence-corrected chi connectivity index (χ4v) is 7.06. The largest absolute Gasteiger partial charge is 0.496 e. The summed E-state index contributed by atoms with van der Waals surface area (Å²) in [4.78, 5) is 45.6. The number of ether oxygens (including phenoxy) is 1. The molecule has 2 fully saturated rings. The Morgan fingerprint density at radius 2 is 1.56 bits per heavy atom. The molecule has 0 atom stereocenters. The number of amides is 2. The van der Waals surface area contributed by atoms with Crippen LogP contribution < -0.4 is 9.64 Å². The van der Waals surface area contributed by atoms with Gasteiger partial charge in [0, 0.05) is 74.4 Å². The zero-order chi connectivity index (χ0) is 28.5. The van der Waals surface area contributed by atoms with Gasteiger partial charge in [0.25, 0.3) is 11.8 Å². The van der Waals surface area contributed by atoms with Crippen LogP contribution >= 0.6 is 34.5 Å². The number of piperazine rings is 1. The van der Waals surface area contributed by atoms with Gasteiger partial charge < -0.3 is 19.4 Å². The first-order valence-corrected chi connectivity index (χ1v) is 15.1. The Labute approximate surface area is 251 Å². The summed E-state index contributed by atoms with van der Waals surface area (Å²) in [5.41, 5.74) is 2.35. The lowest BCUT2D eigenvalue weighted by Crippen LogP contribution is -2.49. The lowest BCUT2D eigenvalue weighted by molar-refractivity contribution is 0.0707. The SMILES string of the molecule is COc1cc(C(=O)N2CCC(c3nc(C(=O)N4CCN(c5c(Cl)cncc5Cl)CC4)cs3)CC2)nc2ccccc12. The van der Waals surface area contributed by atoms with Crippen molar-refractivity contribution in [2.45, 2.75) is 18.8 Å². The van der Waals surface area contributed by atoms with E-state index in [1.54, 1.807) is 25.6 Å². The number of halogens is 2. The molecule has 9 nitrogen and oxygen atoms in total. The third-order valence-electron chi connectivity index (χ3n) is 7.70. The Morgan fingerprint density at radius 1 is 0.902 bits per heavy atom. The summed E-state index contributed by atoms with van der Waals surface area (Å²) >= 11 is 14.2. The highest BCUT2D eigenvalue weighted by atomic mass is 35.5. The third kappa shape index (κ3) is 5.56. The van der Waals surface area contributed by atoms with E-state index in [1.807, 2.05) is 39.4 Å². The second-order valence-electron chi connectivity index (χ2n) is 10.1. The number of nitrogens with zero attached hydrogens (tertiary/aromatic N) is 6. The van der Waals surface area contributed by atoms with E-state index in [9.17, 15) is 9.59 Å². The van der Waals surface area contributed by atoms with Gasteiger partial charge in [-0.25, -0.2) is 9.97 Å². The first-order valence-electron chi connectivity index (χ1n) is 13.4.